The molecular weight excluding hydrogens is 180 g/mol. The van der Waals surface area contributed by atoms with E-state index >= 15 is 0 Å². The van der Waals surface area contributed by atoms with Gasteiger partial charge in [0.15, 0.2) is 5.89 Å². The Morgan fingerprint density at radius 3 is 3.21 bits per heavy atom. The first-order valence-corrected chi connectivity index (χ1v) is 5.03. The van der Waals surface area contributed by atoms with Crippen molar-refractivity contribution in [1.29, 1.82) is 0 Å². The lowest BCUT2D eigenvalue weighted by Gasteiger charge is -2.05. The Balaban J connectivity index is 2.02. The number of rotatable bonds is 3. The minimum absolute atomic E-state index is 0.135. The highest BCUT2D eigenvalue weighted by Gasteiger charge is 2.24. The third-order valence-electron chi connectivity index (χ3n) is 2.68. The Bertz CT molecular complexity index is 298. The quantitative estimate of drug-likeness (QED) is 0.770. The van der Waals surface area contributed by atoms with Gasteiger partial charge in [0, 0.05) is 25.5 Å². The van der Waals surface area contributed by atoms with Gasteiger partial charge in [0.1, 0.15) is 6.26 Å². The molecule has 2 heterocycles. The standard InChI is InChI=1S/C10H16N2O2/c1-12-4-2-8(6-12)10-11-9(3-5-13)7-14-10/h7-8,13H,2-6H2,1H3. The van der Waals surface area contributed by atoms with E-state index in [9.17, 15) is 0 Å². The average Bonchev–Trinajstić information content (AvgIpc) is 2.74. The fraction of sp³-hybridized carbons (Fsp3) is 0.700. The molecule has 0 saturated carbocycles. The Hall–Kier alpha value is -0.870. The minimum atomic E-state index is 0.135. The Kier molecular flexibility index (Phi) is 2.84. The summed E-state index contributed by atoms with van der Waals surface area (Å²) >= 11 is 0. The summed E-state index contributed by atoms with van der Waals surface area (Å²) < 4.78 is 5.40. The van der Waals surface area contributed by atoms with Crippen LogP contribution in [-0.4, -0.2) is 41.7 Å². The van der Waals surface area contributed by atoms with Crippen LogP contribution in [0.5, 0.6) is 0 Å². The molecule has 1 aromatic heterocycles. The van der Waals surface area contributed by atoms with Crippen molar-refractivity contribution in [3.8, 4) is 0 Å². The van der Waals surface area contributed by atoms with Crippen LogP contribution < -0.4 is 0 Å². The number of aliphatic hydroxyl groups is 1. The molecule has 78 valence electrons. The summed E-state index contributed by atoms with van der Waals surface area (Å²) in [5, 5.41) is 8.75. The van der Waals surface area contributed by atoms with Gasteiger partial charge >= 0.3 is 0 Å². The highest BCUT2D eigenvalue weighted by atomic mass is 16.3. The third-order valence-corrected chi connectivity index (χ3v) is 2.68. The van der Waals surface area contributed by atoms with E-state index in [0.29, 0.717) is 12.3 Å². The fourth-order valence-corrected chi connectivity index (χ4v) is 1.88. The molecule has 1 saturated heterocycles. The van der Waals surface area contributed by atoms with Crippen LogP contribution in [0.2, 0.25) is 0 Å². The molecule has 0 aliphatic carbocycles. The van der Waals surface area contributed by atoms with E-state index < -0.39 is 0 Å². The highest BCUT2D eigenvalue weighted by Crippen LogP contribution is 2.25. The predicted octanol–water partition coefficient (Wildman–Crippen LogP) is 0.629. The average molecular weight is 196 g/mol. The molecule has 1 N–H and O–H groups in total. The van der Waals surface area contributed by atoms with Gasteiger partial charge in [-0.15, -0.1) is 0 Å². The molecule has 1 unspecified atom stereocenters. The van der Waals surface area contributed by atoms with Gasteiger partial charge in [-0.3, -0.25) is 0 Å². The van der Waals surface area contributed by atoms with Crippen LogP contribution in [0.3, 0.4) is 0 Å². The molecule has 2 rings (SSSR count). The summed E-state index contributed by atoms with van der Waals surface area (Å²) in [7, 11) is 2.11. The van der Waals surface area contributed by atoms with Crippen LogP contribution >= 0.6 is 0 Å². The molecule has 1 atom stereocenters. The van der Waals surface area contributed by atoms with E-state index in [1.165, 1.54) is 0 Å². The van der Waals surface area contributed by atoms with Crippen LogP contribution in [0.1, 0.15) is 23.9 Å². The second kappa shape index (κ2) is 4.11. The molecule has 4 heteroatoms. The van der Waals surface area contributed by atoms with E-state index in [2.05, 4.69) is 16.9 Å². The van der Waals surface area contributed by atoms with Crippen LogP contribution in [0.25, 0.3) is 0 Å². The van der Waals surface area contributed by atoms with E-state index in [1.54, 1.807) is 6.26 Å². The number of aromatic nitrogens is 1. The van der Waals surface area contributed by atoms with Crippen molar-refractivity contribution < 1.29 is 9.52 Å². The zero-order valence-corrected chi connectivity index (χ0v) is 8.44. The van der Waals surface area contributed by atoms with Crippen molar-refractivity contribution in [3.05, 3.63) is 17.8 Å². The molecule has 1 aromatic rings. The van der Waals surface area contributed by atoms with Gasteiger partial charge in [0.25, 0.3) is 0 Å². The lowest BCUT2D eigenvalue weighted by Crippen LogP contribution is -2.13. The normalized spacial score (nSPS) is 23.1. The van der Waals surface area contributed by atoms with Crippen molar-refractivity contribution in [1.82, 2.24) is 9.88 Å². The maximum absolute atomic E-state index is 8.75. The summed E-state index contributed by atoms with van der Waals surface area (Å²) in [6, 6.07) is 0. The number of likely N-dealkylation sites (N-methyl/N-ethyl adjacent to an activating group) is 1. The molecule has 0 aromatic carbocycles. The second-order valence-electron chi connectivity index (χ2n) is 3.90. The maximum Gasteiger partial charge on any atom is 0.198 e. The van der Waals surface area contributed by atoms with E-state index in [-0.39, 0.29) is 6.61 Å². The SMILES string of the molecule is CN1CCC(c2nc(CCO)co2)C1. The van der Waals surface area contributed by atoms with Gasteiger partial charge < -0.3 is 14.4 Å². The molecule has 1 aliphatic heterocycles. The van der Waals surface area contributed by atoms with Crippen LogP contribution in [0.15, 0.2) is 10.7 Å². The van der Waals surface area contributed by atoms with Gasteiger partial charge in [-0.05, 0) is 20.0 Å². The van der Waals surface area contributed by atoms with Crippen molar-refractivity contribution in [3.63, 3.8) is 0 Å². The lowest BCUT2D eigenvalue weighted by molar-refractivity contribution is 0.298. The number of hydrogen-bond acceptors (Lipinski definition) is 4. The first-order valence-electron chi connectivity index (χ1n) is 5.03. The van der Waals surface area contributed by atoms with Crippen LogP contribution in [0.4, 0.5) is 0 Å². The molecule has 1 fully saturated rings. The highest BCUT2D eigenvalue weighted by molar-refractivity contribution is 5.03. The minimum Gasteiger partial charge on any atom is -0.448 e. The zero-order chi connectivity index (χ0) is 9.97. The zero-order valence-electron chi connectivity index (χ0n) is 8.44. The van der Waals surface area contributed by atoms with Crippen LogP contribution in [0, 0.1) is 0 Å². The second-order valence-corrected chi connectivity index (χ2v) is 3.90. The summed E-state index contributed by atoms with van der Waals surface area (Å²) in [5.74, 6) is 1.27. The molecule has 0 radical (unpaired) electrons. The summed E-state index contributed by atoms with van der Waals surface area (Å²) in [4.78, 5) is 6.64. The number of likely N-dealkylation sites (tertiary alicyclic amines) is 1. The summed E-state index contributed by atoms with van der Waals surface area (Å²) in [5.41, 5.74) is 0.858. The Labute approximate surface area is 83.5 Å². The van der Waals surface area contributed by atoms with Gasteiger partial charge in [-0.1, -0.05) is 0 Å². The third kappa shape index (κ3) is 1.96. The van der Waals surface area contributed by atoms with Gasteiger partial charge in [-0.25, -0.2) is 4.98 Å². The number of nitrogens with zero attached hydrogens (tertiary/aromatic N) is 2. The smallest absolute Gasteiger partial charge is 0.198 e. The molecule has 14 heavy (non-hydrogen) atoms. The van der Waals surface area contributed by atoms with Crippen molar-refractivity contribution in [2.45, 2.75) is 18.8 Å². The number of hydrogen-bond donors (Lipinski definition) is 1. The Morgan fingerprint density at radius 2 is 2.57 bits per heavy atom. The first kappa shape index (κ1) is 9.68. The summed E-state index contributed by atoms with van der Waals surface area (Å²) in [6.07, 6.45) is 3.37. The number of oxazole rings is 1. The molecular formula is C10H16N2O2. The lowest BCUT2D eigenvalue weighted by atomic mass is 10.1. The topological polar surface area (TPSA) is 49.5 Å². The fourth-order valence-electron chi connectivity index (χ4n) is 1.88. The molecule has 0 bridgehead atoms. The predicted molar refractivity (Wildman–Crippen MR) is 52.1 cm³/mol. The molecule has 0 spiro atoms. The van der Waals surface area contributed by atoms with Crippen molar-refractivity contribution in [2.24, 2.45) is 0 Å². The van der Waals surface area contributed by atoms with Crippen LogP contribution in [-0.2, 0) is 6.42 Å². The van der Waals surface area contributed by atoms with Gasteiger partial charge in [0.2, 0.25) is 0 Å². The summed E-state index contributed by atoms with van der Waals surface area (Å²) in [6.45, 7) is 2.28. The molecule has 1 aliphatic rings. The number of aliphatic hydroxyl groups excluding tert-OH is 1. The largest absolute Gasteiger partial charge is 0.448 e. The Morgan fingerprint density at radius 1 is 1.71 bits per heavy atom. The van der Waals surface area contributed by atoms with E-state index in [1.807, 2.05) is 0 Å². The van der Waals surface area contributed by atoms with Crippen molar-refractivity contribution >= 4 is 0 Å². The molecule has 4 nitrogen and oxygen atoms in total. The monoisotopic (exact) mass is 196 g/mol. The van der Waals surface area contributed by atoms with E-state index in [4.69, 9.17) is 9.52 Å². The molecule has 0 amide bonds. The van der Waals surface area contributed by atoms with Crippen molar-refractivity contribution in [2.75, 3.05) is 26.7 Å². The van der Waals surface area contributed by atoms with Gasteiger partial charge in [0.05, 0.1) is 5.69 Å². The van der Waals surface area contributed by atoms with Gasteiger partial charge in [-0.2, -0.15) is 0 Å². The van der Waals surface area contributed by atoms with E-state index in [0.717, 1.165) is 31.1 Å². The maximum atomic E-state index is 8.75. The first-order chi connectivity index (χ1) is 6.79.